The van der Waals surface area contributed by atoms with Gasteiger partial charge in [0.2, 0.25) is 0 Å². The number of rotatable bonds is 1. The van der Waals surface area contributed by atoms with Crippen molar-refractivity contribution in [1.82, 2.24) is 9.88 Å². The van der Waals surface area contributed by atoms with Crippen LogP contribution in [-0.2, 0) is 17.8 Å². The van der Waals surface area contributed by atoms with Crippen LogP contribution >= 0.6 is 11.3 Å². The van der Waals surface area contributed by atoms with Gasteiger partial charge in [-0.05, 0) is 12.1 Å². The van der Waals surface area contributed by atoms with Crippen LogP contribution < -0.4 is 10.1 Å². The first-order chi connectivity index (χ1) is 13.1. The first-order valence-electron chi connectivity index (χ1n) is 9.05. The highest BCUT2D eigenvalue weighted by molar-refractivity contribution is 7.15. The zero-order valence-corrected chi connectivity index (χ0v) is 15.5. The molecule has 8 heteroatoms. The number of thiazole rings is 1. The molecular formula is C19H19N3O4S. The van der Waals surface area contributed by atoms with Crippen molar-refractivity contribution in [2.45, 2.75) is 31.5 Å². The Hall–Kier alpha value is -2.45. The molecule has 0 bridgehead atoms. The second kappa shape index (κ2) is 6.31. The van der Waals surface area contributed by atoms with E-state index in [9.17, 15) is 9.59 Å². The Labute approximate surface area is 160 Å². The van der Waals surface area contributed by atoms with Crippen molar-refractivity contribution in [2.24, 2.45) is 0 Å². The topological polar surface area (TPSA) is 80.8 Å². The molecule has 5 rings (SSSR count). The van der Waals surface area contributed by atoms with E-state index in [1.807, 2.05) is 18.2 Å². The van der Waals surface area contributed by atoms with Gasteiger partial charge in [0.1, 0.15) is 11.4 Å². The number of benzene rings is 1. The molecule has 0 radical (unpaired) electrons. The minimum atomic E-state index is -0.626. The molecule has 1 spiro atoms. The molecule has 1 unspecified atom stereocenters. The summed E-state index contributed by atoms with van der Waals surface area (Å²) in [6.45, 7) is 2.18. The summed E-state index contributed by atoms with van der Waals surface area (Å²) in [4.78, 5) is 32.5. The summed E-state index contributed by atoms with van der Waals surface area (Å²) in [6, 6.07) is 7.11. The number of hydrogen-bond donors (Lipinski definition) is 1. The van der Waals surface area contributed by atoms with Crippen LogP contribution in [0.2, 0.25) is 0 Å². The number of amides is 2. The number of nitrogens with zero attached hydrogens (tertiary/aromatic N) is 2. The molecule has 2 amide bonds. The number of aromatic nitrogens is 1. The highest BCUT2D eigenvalue weighted by Gasteiger charge is 2.47. The average molecular weight is 385 g/mol. The Morgan fingerprint density at radius 3 is 3.11 bits per heavy atom. The Balaban J connectivity index is 1.29. The van der Waals surface area contributed by atoms with Crippen molar-refractivity contribution in [2.75, 3.05) is 25.0 Å². The second-order valence-electron chi connectivity index (χ2n) is 7.17. The number of para-hydroxylation sites is 1. The molecule has 1 N–H and O–H groups in total. The normalized spacial score (nSPS) is 23.7. The smallest absolute Gasteiger partial charge is 0.323 e. The molecule has 1 aromatic heterocycles. The number of hydrogen-bond acceptors (Lipinski definition) is 6. The summed E-state index contributed by atoms with van der Waals surface area (Å²) in [7, 11) is 0. The second-order valence-corrected chi connectivity index (χ2v) is 8.26. The molecule has 4 heterocycles. The number of anilines is 1. The van der Waals surface area contributed by atoms with Gasteiger partial charge in [-0.25, -0.2) is 9.78 Å². The third-order valence-corrected chi connectivity index (χ3v) is 6.30. The maximum atomic E-state index is 12.7. The molecule has 1 fully saturated rings. The van der Waals surface area contributed by atoms with Gasteiger partial charge in [-0.2, -0.15) is 0 Å². The molecule has 3 aliphatic heterocycles. The number of carbonyl (C=O) groups is 2. The molecule has 2 aromatic rings. The summed E-state index contributed by atoms with van der Waals surface area (Å²) >= 11 is 1.46. The fraction of sp³-hybridized carbons (Fsp3) is 0.421. The van der Waals surface area contributed by atoms with Gasteiger partial charge in [0, 0.05) is 19.4 Å². The number of carbonyl (C=O) groups excluding carboxylic acids is 2. The third kappa shape index (κ3) is 2.98. The number of ether oxygens (including phenoxy) is 2. The Kier molecular flexibility index (Phi) is 3.91. The van der Waals surface area contributed by atoms with E-state index >= 15 is 0 Å². The van der Waals surface area contributed by atoms with E-state index in [1.165, 1.54) is 11.3 Å². The molecule has 27 heavy (non-hydrogen) atoms. The van der Waals surface area contributed by atoms with Crippen LogP contribution in [0.15, 0.2) is 24.3 Å². The Morgan fingerprint density at radius 2 is 2.22 bits per heavy atom. The van der Waals surface area contributed by atoms with Gasteiger partial charge < -0.3 is 14.4 Å². The van der Waals surface area contributed by atoms with Gasteiger partial charge in [-0.15, -0.1) is 0 Å². The van der Waals surface area contributed by atoms with Crippen LogP contribution in [0.1, 0.15) is 33.8 Å². The maximum absolute atomic E-state index is 12.7. The van der Waals surface area contributed by atoms with Crippen molar-refractivity contribution in [3.8, 4) is 5.75 Å². The molecule has 0 saturated carbocycles. The summed E-state index contributed by atoms with van der Waals surface area (Å²) in [5.41, 5.74) is 1.01. The number of urea groups is 1. The Morgan fingerprint density at radius 1 is 1.33 bits per heavy atom. The van der Waals surface area contributed by atoms with E-state index in [0.29, 0.717) is 55.6 Å². The van der Waals surface area contributed by atoms with E-state index in [1.54, 1.807) is 11.0 Å². The van der Waals surface area contributed by atoms with E-state index in [-0.39, 0.29) is 11.8 Å². The Bertz CT molecular complexity index is 904. The van der Waals surface area contributed by atoms with E-state index in [0.717, 1.165) is 17.0 Å². The quantitative estimate of drug-likeness (QED) is 0.816. The van der Waals surface area contributed by atoms with Gasteiger partial charge in [-0.3, -0.25) is 10.1 Å². The maximum Gasteiger partial charge on any atom is 0.323 e. The molecule has 1 saturated heterocycles. The van der Waals surface area contributed by atoms with Crippen LogP contribution in [0.25, 0.3) is 0 Å². The molecule has 7 nitrogen and oxygen atoms in total. The first-order valence-corrected chi connectivity index (χ1v) is 9.87. The molecular weight excluding hydrogens is 366 g/mol. The van der Waals surface area contributed by atoms with Crippen LogP contribution in [0.5, 0.6) is 5.75 Å². The first kappa shape index (κ1) is 16.7. The van der Waals surface area contributed by atoms with Crippen LogP contribution in [-0.4, -0.2) is 47.0 Å². The number of Topliss-reactive ketones (excluding diaryl/α,β-unsaturated/α-hetero) is 1. The van der Waals surface area contributed by atoms with Crippen LogP contribution in [0, 0.1) is 0 Å². The average Bonchev–Trinajstić information content (AvgIpc) is 3.25. The van der Waals surface area contributed by atoms with E-state index in [4.69, 9.17) is 9.47 Å². The largest absolute Gasteiger partial charge is 0.484 e. The van der Waals surface area contributed by atoms with Gasteiger partial charge in [0.15, 0.2) is 10.9 Å². The minimum Gasteiger partial charge on any atom is -0.484 e. The monoisotopic (exact) mass is 385 g/mol. The lowest BCUT2D eigenvalue weighted by atomic mass is 9.89. The number of ketones is 1. The third-order valence-electron chi connectivity index (χ3n) is 5.31. The summed E-state index contributed by atoms with van der Waals surface area (Å²) in [6.07, 6.45) is 1.73. The molecule has 1 aromatic carbocycles. The fourth-order valence-electron chi connectivity index (χ4n) is 3.94. The molecule has 3 aliphatic rings. The van der Waals surface area contributed by atoms with Gasteiger partial charge in [0.25, 0.3) is 0 Å². The van der Waals surface area contributed by atoms with Crippen LogP contribution in [0.4, 0.5) is 9.93 Å². The summed E-state index contributed by atoms with van der Waals surface area (Å²) < 4.78 is 11.6. The molecule has 0 aliphatic carbocycles. The number of likely N-dealkylation sites (tertiary alicyclic amines) is 1. The zero-order valence-electron chi connectivity index (χ0n) is 14.7. The standard InChI is InChI=1S/C19H19N3O4S/c23-14-9-19(26-15-4-2-1-3-12(14)15)6-7-22(11-19)18(24)21-17-20-13-5-8-25-10-16(13)27-17/h1-4H,5-11H2,(H,20,21,24). The van der Waals surface area contributed by atoms with Crippen LogP contribution in [0.3, 0.4) is 0 Å². The lowest BCUT2D eigenvalue weighted by Crippen LogP contribution is -2.45. The SMILES string of the molecule is O=C1CC2(CCN(C(=O)Nc3nc4c(s3)COCC4)C2)Oc2ccccc21. The minimum absolute atomic E-state index is 0.0757. The van der Waals surface area contributed by atoms with Crippen molar-refractivity contribution in [3.63, 3.8) is 0 Å². The number of fused-ring (bicyclic) bond motifs is 2. The fourth-order valence-corrected chi connectivity index (χ4v) is 4.87. The van der Waals surface area contributed by atoms with Gasteiger partial charge >= 0.3 is 6.03 Å². The predicted octanol–water partition coefficient (Wildman–Crippen LogP) is 2.86. The van der Waals surface area contributed by atoms with E-state index in [2.05, 4.69) is 10.3 Å². The predicted molar refractivity (Wildman–Crippen MR) is 99.4 cm³/mol. The van der Waals surface area contributed by atoms with Crippen molar-refractivity contribution in [3.05, 3.63) is 40.4 Å². The van der Waals surface area contributed by atoms with Crippen molar-refractivity contribution >= 4 is 28.3 Å². The lowest BCUT2D eigenvalue weighted by Gasteiger charge is -2.34. The van der Waals surface area contributed by atoms with E-state index < -0.39 is 5.60 Å². The van der Waals surface area contributed by atoms with Gasteiger partial charge in [0.05, 0.1) is 42.3 Å². The van der Waals surface area contributed by atoms with Crippen molar-refractivity contribution < 1.29 is 19.1 Å². The molecule has 140 valence electrons. The lowest BCUT2D eigenvalue weighted by molar-refractivity contribution is 0.0482. The number of nitrogens with one attached hydrogen (secondary N) is 1. The van der Waals surface area contributed by atoms with Crippen molar-refractivity contribution in [1.29, 1.82) is 0 Å². The highest BCUT2D eigenvalue weighted by Crippen LogP contribution is 2.38. The summed E-state index contributed by atoms with van der Waals surface area (Å²) in [5, 5.41) is 3.49. The molecule has 1 atom stereocenters. The van der Waals surface area contributed by atoms with Gasteiger partial charge in [-0.1, -0.05) is 23.5 Å². The highest BCUT2D eigenvalue weighted by atomic mass is 32.1. The summed E-state index contributed by atoms with van der Waals surface area (Å²) in [5.74, 6) is 0.690. The zero-order chi connectivity index (χ0) is 18.4.